The zero-order chi connectivity index (χ0) is 12.3. The summed E-state index contributed by atoms with van der Waals surface area (Å²) in [5.74, 6) is -0.354. The molecule has 0 atom stereocenters. The van der Waals surface area contributed by atoms with Gasteiger partial charge in [-0.25, -0.2) is 13.8 Å². The summed E-state index contributed by atoms with van der Waals surface area (Å²) in [5.41, 5.74) is 0.673. The molecule has 0 unspecified atom stereocenters. The van der Waals surface area contributed by atoms with Crippen molar-refractivity contribution in [3.05, 3.63) is 53.2 Å². The van der Waals surface area contributed by atoms with Gasteiger partial charge in [-0.15, -0.1) is 0 Å². The first-order valence-corrected chi connectivity index (χ1v) is 5.21. The molecule has 0 aliphatic rings. The van der Waals surface area contributed by atoms with E-state index in [1.807, 2.05) is 6.92 Å². The van der Waals surface area contributed by atoms with E-state index in [4.69, 9.17) is 4.42 Å². The molecule has 5 heteroatoms. The van der Waals surface area contributed by atoms with Crippen molar-refractivity contribution in [3.63, 3.8) is 0 Å². The second kappa shape index (κ2) is 5.05. The number of benzene rings is 1. The van der Waals surface area contributed by atoms with Gasteiger partial charge in [-0.1, -0.05) is 6.07 Å². The smallest absolute Gasteiger partial charge is 0.208 e. The van der Waals surface area contributed by atoms with Gasteiger partial charge in [0.05, 0.1) is 12.7 Å². The van der Waals surface area contributed by atoms with Crippen LogP contribution in [0.5, 0.6) is 0 Å². The number of rotatable bonds is 4. The second-order valence-electron chi connectivity index (χ2n) is 3.72. The van der Waals surface area contributed by atoms with E-state index in [1.54, 1.807) is 6.20 Å². The summed E-state index contributed by atoms with van der Waals surface area (Å²) in [4.78, 5) is 4.02. The first-order chi connectivity index (χ1) is 8.15. The van der Waals surface area contributed by atoms with Crippen LogP contribution in [0.1, 0.15) is 17.2 Å². The minimum absolute atomic E-state index is 0.429. The lowest BCUT2D eigenvalue weighted by Crippen LogP contribution is -2.13. The first kappa shape index (κ1) is 11.7. The number of aromatic nitrogens is 1. The van der Waals surface area contributed by atoms with Gasteiger partial charge in [-0.05, 0) is 24.6 Å². The highest BCUT2D eigenvalue weighted by Gasteiger charge is 2.03. The van der Waals surface area contributed by atoms with Gasteiger partial charge in [0.1, 0.15) is 5.76 Å². The summed E-state index contributed by atoms with van der Waals surface area (Å²) < 4.78 is 30.8. The van der Waals surface area contributed by atoms with Crippen molar-refractivity contribution in [1.29, 1.82) is 0 Å². The zero-order valence-electron chi connectivity index (χ0n) is 9.34. The average molecular weight is 238 g/mol. The molecule has 1 N–H and O–H groups in total. The minimum Gasteiger partial charge on any atom is -0.445 e. The van der Waals surface area contributed by atoms with Gasteiger partial charge in [-0.3, -0.25) is 0 Å². The van der Waals surface area contributed by atoms with Crippen LogP contribution < -0.4 is 5.32 Å². The molecule has 2 rings (SSSR count). The lowest BCUT2D eigenvalue weighted by atomic mass is 10.2. The van der Waals surface area contributed by atoms with Crippen molar-refractivity contribution >= 4 is 0 Å². The Morgan fingerprint density at radius 1 is 1.24 bits per heavy atom. The molecular formula is C12H12F2N2O. The number of nitrogens with one attached hydrogen (secondary N) is 1. The summed E-state index contributed by atoms with van der Waals surface area (Å²) in [6.45, 7) is 2.69. The van der Waals surface area contributed by atoms with E-state index in [1.165, 1.54) is 12.1 Å². The van der Waals surface area contributed by atoms with Crippen molar-refractivity contribution in [3.8, 4) is 0 Å². The zero-order valence-corrected chi connectivity index (χ0v) is 9.34. The number of oxazole rings is 1. The highest BCUT2D eigenvalue weighted by Crippen LogP contribution is 2.08. The molecule has 0 aliphatic carbocycles. The van der Waals surface area contributed by atoms with E-state index in [-0.39, 0.29) is 0 Å². The van der Waals surface area contributed by atoms with Crippen LogP contribution in [-0.2, 0) is 13.1 Å². The number of aryl methyl sites for hydroxylation is 1. The Balaban J connectivity index is 1.87. The van der Waals surface area contributed by atoms with E-state index in [9.17, 15) is 8.78 Å². The Morgan fingerprint density at radius 2 is 2.06 bits per heavy atom. The quantitative estimate of drug-likeness (QED) is 0.889. The number of hydrogen-bond donors (Lipinski definition) is 1. The molecule has 0 spiro atoms. The van der Waals surface area contributed by atoms with Crippen molar-refractivity contribution in [2.75, 3.05) is 0 Å². The molecule has 1 aromatic heterocycles. The third kappa shape index (κ3) is 3.10. The molecule has 1 heterocycles. The fourth-order valence-electron chi connectivity index (χ4n) is 1.45. The van der Waals surface area contributed by atoms with E-state index >= 15 is 0 Å². The molecule has 0 amide bonds. The summed E-state index contributed by atoms with van der Waals surface area (Å²) in [6, 6.07) is 3.82. The Bertz CT molecular complexity index is 511. The van der Waals surface area contributed by atoms with Crippen LogP contribution in [0.25, 0.3) is 0 Å². The molecule has 17 heavy (non-hydrogen) atoms. The maximum atomic E-state index is 12.9. The van der Waals surface area contributed by atoms with Crippen molar-refractivity contribution in [2.45, 2.75) is 20.0 Å². The predicted octanol–water partition coefficient (Wildman–Crippen LogP) is 2.55. The van der Waals surface area contributed by atoms with Crippen molar-refractivity contribution in [1.82, 2.24) is 10.3 Å². The highest BCUT2D eigenvalue weighted by atomic mass is 19.2. The van der Waals surface area contributed by atoms with Crippen LogP contribution >= 0.6 is 0 Å². The molecular weight excluding hydrogens is 226 g/mol. The largest absolute Gasteiger partial charge is 0.445 e. The van der Waals surface area contributed by atoms with Crippen molar-refractivity contribution < 1.29 is 13.2 Å². The Labute approximate surface area is 97.5 Å². The first-order valence-electron chi connectivity index (χ1n) is 5.21. The fourth-order valence-corrected chi connectivity index (χ4v) is 1.45. The van der Waals surface area contributed by atoms with Gasteiger partial charge >= 0.3 is 0 Å². The van der Waals surface area contributed by atoms with Gasteiger partial charge in [0, 0.05) is 6.54 Å². The second-order valence-corrected chi connectivity index (χ2v) is 3.72. The third-order valence-electron chi connectivity index (χ3n) is 2.26. The molecule has 0 fully saturated rings. The predicted molar refractivity (Wildman–Crippen MR) is 58.1 cm³/mol. The van der Waals surface area contributed by atoms with E-state index in [0.29, 0.717) is 24.5 Å². The summed E-state index contributed by atoms with van der Waals surface area (Å²) >= 11 is 0. The van der Waals surface area contributed by atoms with Gasteiger partial charge in [0.15, 0.2) is 11.6 Å². The van der Waals surface area contributed by atoms with E-state index in [0.717, 1.165) is 11.8 Å². The van der Waals surface area contributed by atoms with Crippen LogP contribution in [0, 0.1) is 18.6 Å². The lowest BCUT2D eigenvalue weighted by Gasteiger charge is -2.03. The standard InChI is InChI=1S/C12H12F2N2O/c1-8-5-16-12(17-8)7-15-6-9-2-3-10(13)11(14)4-9/h2-5,15H,6-7H2,1H3. The molecule has 0 saturated heterocycles. The van der Waals surface area contributed by atoms with E-state index < -0.39 is 11.6 Å². The average Bonchev–Trinajstić information content (AvgIpc) is 2.70. The fraction of sp³-hybridized carbons (Fsp3) is 0.250. The Kier molecular flexibility index (Phi) is 3.49. The Morgan fingerprint density at radius 3 is 2.71 bits per heavy atom. The normalized spacial score (nSPS) is 10.8. The van der Waals surface area contributed by atoms with Crippen LogP contribution in [0.3, 0.4) is 0 Å². The number of nitrogens with zero attached hydrogens (tertiary/aromatic N) is 1. The monoisotopic (exact) mass is 238 g/mol. The maximum Gasteiger partial charge on any atom is 0.208 e. The van der Waals surface area contributed by atoms with Gasteiger partial charge in [-0.2, -0.15) is 0 Å². The van der Waals surface area contributed by atoms with Crippen molar-refractivity contribution in [2.24, 2.45) is 0 Å². The summed E-state index contributed by atoms with van der Waals surface area (Å²) in [7, 11) is 0. The Hall–Kier alpha value is -1.75. The molecule has 1 aromatic carbocycles. The van der Waals surface area contributed by atoms with Crippen LogP contribution in [0.2, 0.25) is 0 Å². The minimum atomic E-state index is -0.837. The van der Waals surface area contributed by atoms with Crippen LogP contribution in [-0.4, -0.2) is 4.98 Å². The van der Waals surface area contributed by atoms with Gasteiger partial charge < -0.3 is 9.73 Å². The van der Waals surface area contributed by atoms with Gasteiger partial charge in [0.25, 0.3) is 0 Å². The van der Waals surface area contributed by atoms with Crippen LogP contribution in [0.15, 0.2) is 28.8 Å². The highest BCUT2D eigenvalue weighted by molar-refractivity contribution is 5.17. The van der Waals surface area contributed by atoms with Crippen LogP contribution in [0.4, 0.5) is 8.78 Å². The summed E-state index contributed by atoms with van der Waals surface area (Å²) in [5, 5.41) is 3.03. The molecule has 0 radical (unpaired) electrons. The molecule has 90 valence electrons. The molecule has 0 saturated carbocycles. The topological polar surface area (TPSA) is 38.1 Å². The maximum absolute atomic E-state index is 12.9. The van der Waals surface area contributed by atoms with E-state index in [2.05, 4.69) is 10.3 Å². The number of halogens is 2. The third-order valence-corrected chi connectivity index (χ3v) is 2.26. The molecule has 0 aliphatic heterocycles. The molecule has 0 bridgehead atoms. The SMILES string of the molecule is Cc1cnc(CNCc2ccc(F)c(F)c2)o1. The molecule has 3 nitrogen and oxygen atoms in total. The van der Waals surface area contributed by atoms with Gasteiger partial charge in [0.2, 0.25) is 5.89 Å². The number of hydrogen-bond acceptors (Lipinski definition) is 3. The summed E-state index contributed by atoms with van der Waals surface area (Å²) in [6.07, 6.45) is 1.63. The molecule has 2 aromatic rings. The lowest BCUT2D eigenvalue weighted by molar-refractivity contribution is 0.448.